The highest BCUT2D eigenvalue weighted by atomic mass is 32.2. The van der Waals surface area contributed by atoms with Crippen molar-refractivity contribution in [2.75, 3.05) is 25.5 Å². The van der Waals surface area contributed by atoms with Crippen LogP contribution in [0.15, 0.2) is 87.7 Å². The second-order valence-corrected chi connectivity index (χ2v) is 24.1. The van der Waals surface area contributed by atoms with Crippen molar-refractivity contribution in [2.24, 2.45) is 0 Å². The quantitative estimate of drug-likeness (QED) is 0.0428. The zero-order chi connectivity index (χ0) is 56.9. The highest BCUT2D eigenvalue weighted by Crippen LogP contribution is 2.39. The molecule has 0 unspecified atom stereocenters. The fraction of sp³-hybridized carbons (Fsp3) is 0.433. The van der Waals surface area contributed by atoms with Crippen LogP contribution in [0.4, 0.5) is 17.1 Å². The van der Waals surface area contributed by atoms with Gasteiger partial charge in [-0.15, -0.1) is 0 Å². The lowest BCUT2D eigenvalue weighted by molar-refractivity contribution is -0.353. The van der Waals surface area contributed by atoms with Gasteiger partial charge in [-0.1, -0.05) is 18.2 Å². The SMILES string of the molecule is COC(=O)c1cc(C(=C2C=CC(=[NH+]c3c(C)cc(C)c(CC(=O)CCN(C(C)C)C(C)C)c3C)C(C)=C2)c2ccc(S(=O)(=O)O)cc2S(=O)(=O)O)ccc1Nc1c(C)cc(C)c(CC(=O)CCN(C(C)C)C(C)C)c1C. The predicted molar refractivity (Wildman–Crippen MR) is 304 cm³/mol. The Morgan fingerprint density at radius 1 is 0.632 bits per heavy atom. The number of anilines is 2. The minimum atomic E-state index is -5.17. The molecule has 4 aromatic rings. The van der Waals surface area contributed by atoms with Gasteiger partial charge < -0.3 is 10.1 Å². The molecule has 0 heterocycles. The summed E-state index contributed by atoms with van der Waals surface area (Å²) in [5.74, 6) is -0.480. The van der Waals surface area contributed by atoms with Crippen molar-refractivity contribution in [1.82, 2.24) is 9.80 Å². The molecule has 0 atom stereocenters. The van der Waals surface area contributed by atoms with E-state index in [-0.39, 0.29) is 53.2 Å². The zero-order valence-electron chi connectivity index (χ0n) is 47.3. The number of benzene rings is 4. The molecule has 5 rings (SSSR count). The Morgan fingerprint density at radius 2 is 1.16 bits per heavy atom. The molecule has 0 radical (unpaired) electrons. The van der Waals surface area contributed by atoms with E-state index in [1.54, 1.807) is 24.3 Å². The molecule has 0 aliphatic heterocycles. The molecular weight excluding hydrogens is 1000 g/mol. The van der Waals surface area contributed by atoms with E-state index in [4.69, 9.17) is 4.74 Å². The predicted octanol–water partition coefficient (Wildman–Crippen LogP) is 9.97. The number of nitrogens with one attached hydrogen (secondary N) is 2. The normalized spacial score (nSPS) is 14.5. The van der Waals surface area contributed by atoms with Crippen molar-refractivity contribution in [3.05, 3.63) is 139 Å². The maximum Gasteiger partial charge on any atom is 0.339 e. The fourth-order valence-corrected chi connectivity index (χ4v) is 11.9. The van der Waals surface area contributed by atoms with Gasteiger partial charge in [0.05, 0.1) is 23.3 Å². The molecule has 0 bridgehead atoms. The van der Waals surface area contributed by atoms with Crippen LogP contribution in [0, 0.1) is 41.5 Å². The number of esters is 1. The fourth-order valence-electron chi connectivity index (χ4n) is 10.6. The number of carbonyl (C=O) groups excluding carboxylic acids is 3. The highest BCUT2D eigenvalue weighted by molar-refractivity contribution is 7.86. The maximum absolute atomic E-state index is 13.9. The van der Waals surface area contributed by atoms with Gasteiger partial charge in [0.25, 0.3) is 20.2 Å². The van der Waals surface area contributed by atoms with Gasteiger partial charge >= 0.3 is 5.97 Å². The van der Waals surface area contributed by atoms with Crippen molar-refractivity contribution >= 4 is 66.1 Å². The summed E-state index contributed by atoms with van der Waals surface area (Å²) in [5.41, 5.74) is 11.5. The largest absolute Gasteiger partial charge is 0.465 e. The molecule has 0 saturated carbocycles. The first-order valence-corrected chi connectivity index (χ1v) is 28.8. The molecule has 0 aromatic heterocycles. The van der Waals surface area contributed by atoms with Crippen LogP contribution in [0.25, 0.3) is 5.57 Å². The third kappa shape index (κ3) is 14.6. The van der Waals surface area contributed by atoms with Crippen LogP contribution >= 0.6 is 0 Å². The summed E-state index contributed by atoms with van der Waals surface area (Å²) in [7, 11) is -8.85. The molecule has 76 heavy (non-hydrogen) atoms. The molecule has 4 N–H and O–H groups in total. The second kappa shape index (κ2) is 25.1. The summed E-state index contributed by atoms with van der Waals surface area (Å²) < 4.78 is 77.2. The number of aryl methyl sites for hydroxylation is 4. The topological polar surface area (TPSA) is 202 Å². The molecular formula is C60H79N4O10S2+. The van der Waals surface area contributed by atoms with Crippen molar-refractivity contribution in [3.63, 3.8) is 0 Å². The minimum Gasteiger partial charge on any atom is -0.465 e. The molecule has 16 heteroatoms. The molecule has 0 spiro atoms. The van der Waals surface area contributed by atoms with Crippen molar-refractivity contribution in [2.45, 2.75) is 163 Å². The Balaban J connectivity index is 1.65. The molecule has 14 nitrogen and oxygen atoms in total. The number of carbonyl (C=O) groups is 3. The Morgan fingerprint density at radius 3 is 1.64 bits per heavy atom. The van der Waals surface area contributed by atoms with E-state index in [1.807, 2.05) is 60.6 Å². The van der Waals surface area contributed by atoms with Crippen LogP contribution < -0.4 is 10.3 Å². The van der Waals surface area contributed by atoms with Gasteiger partial charge in [-0.05, 0) is 196 Å². The zero-order valence-corrected chi connectivity index (χ0v) is 48.9. The average molecular weight is 1080 g/mol. The van der Waals surface area contributed by atoms with Crippen LogP contribution in [0.1, 0.15) is 141 Å². The number of rotatable bonds is 22. The number of ketones is 2. The number of methoxy groups -OCH3 is 1. The summed E-state index contributed by atoms with van der Waals surface area (Å²) in [6.07, 6.45) is 6.68. The first-order valence-electron chi connectivity index (χ1n) is 25.9. The molecule has 0 fully saturated rings. The first kappa shape index (κ1) is 61.0. The Labute approximate surface area is 451 Å². The monoisotopic (exact) mass is 1080 g/mol. The number of nitrogens with zero attached hydrogens (tertiary/aromatic N) is 2. The minimum absolute atomic E-state index is 0.0618. The molecule has 1 aliphatic rings. The van der Waals surface area contributed by atoms with E-state index in [0.717, 1.165) is 56.3 Å². The lowest BCUT2D eigenvalue weighted by Crippen LogP contribution is -2.67. The molecule has 4 aromatic carbocycles. The third-order valence-electron chi connectivity index (χ3n) is 14.5. The molecule has 1 aliphatic carbocycles. The number of Topliss-reactive ketones (excluding diaryl/α,β-unsaturated/α-hetero) is 2. The van der Waals surface area contributed by atoms with Crippen LogP contribution in [-0.4, -0.2) is 103 Å². The number of allylic oxidation sites excluding steroid dienone is 5. The second-order valence-electron chi connectivity index (χ2n) is 21.3. The van der Waals surface area contributed by atoms with Crippen LogP contribution in [-0.2, 0) is 47.4 Å². The van der Waals surface area contributed by atoms with E-state index in [2.05, 4.69) is 81.6 Å². The van der Waals surface area contributed by atoms with E-state index in [0.29, 0.717) is 77.9 Å². The highest BCUT2D eigenvalue weighted by Gasteiger charge is 2.28. The van der Waals surface area contributed by atoms with Gasteiger partial charge in [0, 0.05) is 97.0 Å². The number of hydrogen-bond donors (Lipinski definition) is 4. The Hall–Kier alpha value is -5.88. The maximum atomic E-state index is 13.9. The van der Waals surface area contributed by atoms with E-state index < -0.39 is 36.0 Å². The number of hydrogen-bond acceptors (Lipinski definition) is 11. The van der Waals surface area contributed by atoms with E-state index >= 15 is 0 Å². The van der Waals surface area contributed by atoms with Crippen molar-refractivity contribution in [1.29, 1.82) is 0 Å². The molecule has 0 saturated heterocycles. The van der Waals surface area contributed by atoms with Crippen LogP contribution in [0.2, 0.25) is 0 Å². The van der Waals surface area contributed by atoms with Gasteiger partial charge in [0.2, 0.25) is 11.4 Å². The summed E-state index contributed by atoms with van der Waals surface area (Å²) in [6, 6.07) is 13.0. The molecule has 410 valence electrons. The van der Waals surface area contributed by atoms with Gasteiger partial charge in [-0.2, -0.15) is 16.8 Å². The Bertz CT molecular complexity index is 3260. The van der Waals surface area contributed by atoms with E-state index in [1.165, 1.54) is 19.2 Å². The first-order chi connectivity index (χ1) is 35.3. The van der Waals surface area contributed by atoms with Crippen molar-refractivity contribution < 1.29 is 50.1 Å². The van der Waals surface area contributed by atoms with Crippen molar-refractivity contribution in [3.8, 4) is 0 Å². The smallest absolute Gasteiger partial charge is 0.339 e. The van der Waals surface area contributed by atoms with Crippen LogP contribution in [0.5, 0.6) is 0 Å². The van der Waals surface area contributed by atoms with Crippen LogP contribution in [0.3, 0.4) is 0 Å². The average Bonchev–Trinajstić information content (AvgIpc) is 3.31. The van der Waals surface area contributed by atoms with Gasteiger partial charge in [-0.25, -0.2) is 9.79 Å². The standard InChI is InChI=1S/C60H78N4O10S2/c1-34(2)63(35(3)4)25-23-47(65)31-51-38(9)27-41(12)58(43(51)14)61-54-21-17-45(29-40(54)11)57(50-20-19-49(75(68,69)70)33-56(50)76(71,72)73)46-18-22-55(53(30-46)60(67)74-16)62-59-42(13)28-39(10)52(44(59)15)32-48(66)24-26-64(36(5)6)37(7)8/h17-22,27-30,33-37,62H,23-26,31-32H2,1-16H3,(H,68,69,70)(H,71,72,73)/p+1. The summed E-state index contributed by atoms with van der Waals surface area (Å²) >= 11 is 0. The lowest BCUT2D eigenvalue weighted by Gasteiger charge is -2.30. The summed E-state index contributed by atoms with van der Waals surface area (Å²) in [6.45, 7) is 32.0. The van der Waals surface area contributed by atoms with E-state index in [9.17, 15) is 40.3 Å². The van der Waals surface area contributed by atoms with Gasteiger partial charge in [-0.3, -0.25) is 28.5 Å². The number of ether oxygens (including phenoxy) is 1. The molecule has 0 amide bonds. The Kier molecular flexibility index (Phi) is 20.1. The third-order valence-corrected chi connectivity index (χ3v) is 16.3. The summed E-state index contributed by atoms with van der Waals surface area (Å²) in [5, 5.41) is 3.45. The van der Waals surface area contributed by atoms with Gasteiger partial charge in [0.15, 0.2) is 0 Å². The lowest BCUT2D eigenvalue weighted by atomic mass is 9.88. The summed E-state index contributed by atoms with van der Waals surface area (Å²) in [4.78, 5) is 47.5. The van der Waals surface area contributed by atoms with Gasteiger partial charge in [0.1, 0.15) is 16.5 Å².